The minimum Gasteiger partial charge on any atom is -0.490 e. The molecule has 0 radical (unpaired) electrons. The maximum absolute atomic E-state index is 12.0. The van der Waals surface area contributed by atoms with Crippen LogP contribution >= 0.6 is 0 Å². The van der Waals surface area contributed by atoms with Crippen LogP contribution in [0.15, 0.2) is 60.7 Å². The van der Waals surface area contributed by atoms with Gasteiger partial charge in [-0.3, -0.25) is 14.7 Å². The van der Waals surface area contributed by atoms with Crippen molar-refractivity contribution in [3.05, 3.63) is 71.9 Å². The van der Waals surface area contributed by atoms with Crippen molar-refractivity contribution in [2.75, 3.05) is 19.7 Å². The van der Waals surface area contributed by atoms with Crippen LogP contribution in [0.3, 0.4) is 0 Å². The van der Waals surface area contributed by atoms with Gasteiger partial charge >= 0.3 is 5.97 Å². The van der Waals surface area contributed by atoms with E-state index in [4.69, 9.17) is 14.5 Å². The minimum absolute atomic E-state index is 0.0433. The zero-order chi connectivity index (χ0) is 24.0. The van der Waals surface area contributed by atoms with E-state index in [-0.39, 0.29) is 18.0 Å². The molecule has 0 unspecified atom stereocenters. The van der Waals surface area contributed by atoms with Gasteiger partial charge in [-0.05, 0) is 94.3 Å². The van der Waals surface area contributed by atoms with Crippen LogP contribution in [0, 0.1) is 5.92 Å². The molecular weight excluding hydrogens is 436 g/mol. The van der Waals surface area contributed by atoms with Gasteiger partial charge in [0.25, 0.3) is 0 Å². The number of hydrogen-bond acceptors (Lipinski definition) is 5. The first kappa shape index (κ1) is 23.8. The van der Waals surface area contributed by atoms with Crippen LogP contribution in [0.1, 0.15) is 62.6 Å². The molecule has 184 valence electrons. The van der Waals surface area contributed by atoms with E-state index < -0.39 is 0 Å². The van der Waals surface area contributed by atoms with Crippen LogP contribution in [0.25, 0.3) is 10.9 Å². The van der Waals surface area contributed by atoms with Crippen LogP contribution in [0.4, 0.5) is 0 Å². The third-order valence-electron chi connectivity index (χ3n) is 7.56. The molecule has 1 aliphatic carbocycles. The second-order valence-corrected chi connectivity index (χ2v) is 9.96. The van der Waals surface area contributed by atoms with Crippen LogP contribution < -0.4 is 4.74 Å². The summed E-state index contributed by atoms with van der Waals surface area (Å²) in [5, 5.41) is 1.12. The SMILES string of the molecule is CCOC(=O)C1CCN(Cc2ccc3cc(OC4CCC(c5ccccc5)CC4)ccc3n2)CC1. The van der Waals surface area contributed by atoms with Gasteiger partial charge in [0, 0.05) is 11.9 Å². The summed E-state index contributed by atoms with van der Waals surface area (Å²) in [6.45, 7) is 4.95. The number of esters is 1. The van der Waals surface area contributed by atoms with Gasteiger partial charge in [-0.2, -0.15) is 0 Å². The Morgan fingerprint density at radius 1 is 0.943 bits per heavy atom. The highest BCUT2D eigenvalue weighted by atomic mass is 16.5. The molecule has 3 aromatic rings. The third kappa shape index (κ3) is 6.02. The Balaban J connectivity index is 1.14. The minimum atomic E-state index is -0.0433. The molecule has 2 heterocycles. The molecule has 1 aliphatic heterocycles. The van der Waals surface area contributed by atoms with Gasteiger partial charge in [0.2, 0.25) is 0 Å². The van der Waals surface area contributed by atoms with E-state index in [0.29, 0.717) is 12.5 Å². The smallest absolute Gasteiger partial charge is 0.309 e. The quantitative estimate of drug-likeness (QED) is 0.388. The lowest BCUT2D eigenvalue weighted by molar-refractivity contribution is -0.149. The molecule has 0 amide bonds. The largest absolute Gasteiger partial charge is 0.490 e. The summed E-state index contributed by atoms with van der Waals surface area (Å²) in [6, 6.07) is 21.4. The molecule has 35 heavy (non-hydrogen) atoms. The summed E-state index contributed by atoms with van der Waals surface area (Å²) in [5.74, 6) is 1.60. The fourth-order valence-corrected chi connectivity index (χ4v) is 5.55. The predicted molar refractivity (Wildman–Crippen MR) is 138 cm³/mol. The molecule has 0 spiro atoms. The van der Waals surface area contributed by atoms with E-state index in [0.717, 1.165) is 67.7 Å². The maximum atomic E-state index is 12.0. The number of rotatable bonds is 7. The summed E-state index contributed by atoms with van der Waals surface area (Å²) in [6.07, 6.45) is 6.58. The van der Waals surface area contributed by atoms with E-state index in [2.05, 4.69) is 65.6 Å². The molecule has 5 nitrogen and oxygen atoms in total. The molecule has 1 saturated carbocycles. The lowest BCUT2D eigenvalue weighted by Gasteiger charge is -2.30. The fraction of sp³-hybridized carbons (Fsp3) is 0.467. The molecule has 1 saturated heterocycles. The van der Waals surface area contributed by atoms with Crippen LogP contribution in [0.2, 0.25) is 0 Å². The Labute approximate surface area is 208 Å². The summed E-state index contributed by atoms with van der Waals surface area (Å²) in [7, 11) is 0. The van der Waals surface area contributed by atoms with E-state index in [1.807, 2.05) is 6.92 Å². The number of likely N-dealkylation sites (tertiary alicyclic amines) is 1. The van der Waals surface area contributed by atoms with Gasteiger partial charge in [-0.15, -0.1) is 0 Å². The average molecular weight is 473 g/mol. The molecule has 0 atom stereocenters. The summed E-state index contributed by atoms with van der Waals surface area (Å²) in [5.41, 5.74) is 3.53. The predicted octanol–water partition coefficient (Wildman–Crippen LogP) is 6.12. The highest BCUT2D eigenvalue weighted by Gasteiger charge is 2.26. The zero-order valence-electron chi connectivity index (χ0n) is 20.7. The Morgan fingerprint density at radius 2 is 1.71 bits per heavy atom. The molecule has 0 bridgehead atoms. The van der Waals surface area contributed by atoms with Gasteiger partial charge in [0.15, 0.2) is 0 Å². The van der Waals surface area contributed by atoms with Crippen molar-refractivity contribution < 1.29 is 14.3 Å². The average Bonchev–Trinajstić information content (AvgIpc) is 2.90. The number of pyridine rings is 1. The van der Waals surface area contributed by atoms with Gasteiger partial charge < -0.3 is 9.47 Å². The Kier molecular flexibility index (Phi) is 7.63. The number of nitrogens with zero attached hydrogens (tertiary/aromatic N) is 2. The van der Waals surface area contributed by atoms with Crippen molar-refractivity contribution in [1.29, 1.82) is 0 Å². The highest BCUT2D eigenvalue weighted by Crippen LogP contribution is 2.35. The number of carbonyl (C=O) groups is 1. The number of carbonyl (C=O) groups excluding carboxylic acids is 1. The Hall–Kier alpha value is -2.92. The molecule has 1 aromatic heterocycles. The molecular formula is C30H36N2O3. The van der Waals surface area contributed by atoms with E-state index >= 15 is 0 Å². The number of ether oxygens (including phenoxy) is 2. The standard InChI is InChI=1S/C30H36N2O3/c1-2-34-30(33)24-16-18-32(19-17-24)21-26-11-8-25-20-28(14-15-29(25)31-26)35-27-12-9-23(10-13-27)22-6-4-3-5-7-22/h3-8,11,14-15,20,23-24,27H,2,9-10,12-13,16-19,21H2,1H3. The normalized spacial score (nSPS) is 21.6. The topological polar surface area (TPSA) is 51.7 Å². The molecule has 5 heteroatoms. The van der Waals surface area contributed by atoms with Crippen molar-refractivity contribution in [3.8, 4) is 5.75 Å². The van der Waals surface area contributed by atoms with Gasteiger partial charge in [-0.25, -0.2) is 0 Å². The molecule has 2 aliphatic rings. The molecule has 5 rings (SSSR count). The summed E-state index contributed by atoms with van der Waals surface area (Å²) >= 11 is 0. The Bertz CT molecular complexity index is 1120. The van der Waals surface area contributed by atoms with Crippen molar-refractivity contribution in [2.45, 2.75) is 64.0 Å². The highest BCUT2D eigenvalue weighted by molar-refractivity contribution is 5.80. The zero-order valence-corrected chi connectivity index (χ0v) is 20.7. The van der Waals surface area contributed by atoms with E-state index in [1.54, 1.807) is 0 Å². The van der Waals surface area contributed by atoms with E-state index in [1.165, 1.54) is 18.4 Å². The second kappa shape index (κ2) is 11.2. The first-order chi connectivity index (χ1) is 17.2. The first-order valence-electron chi connectivity index (χ1n) is 13.2. The number of aromatic nitrogens is 1. The van der Waals surface area contributed by atoms with Crippen molar-refractivity contribution in [3.63, 3.8) is 0 Å². The number of benzene rings is 2. The molecule has 0 N–H and O–H groups in total. The van der Waals surface area contributed by atoms with Gasteiger partial charge in [0.05, 0.1) is 29.8 Å². The van der Waals surface area contributed by atoms with Crippen molar-refractivity contribution in [2.24, 2.45) is 5.92 Å². The van der Waals surface area contributed by atoms with Crippen LogP contribution in [-0.2, 0) is 16.1 Å². The van der Waals surface area contributed by atoms with E-state index in [9.17, 15) is 4.79 Å². The summed E-state index contributed by atoms with van der Waals surface area (Å²) in [4.78, 5) is 19.3. The summed E-state index contributed by atoms with van der Waals surface area (Å²) < 4.78 is 11.6. The second-order valence-electron chi connectivity index (χ2n) is 9.96. The first-order valence-corrected chi connectivity index (χ1v) is 13.2. The van der Waals surface area contributed by atoms with Crippen LogP contribution in [0.5, 0.6) is 5.75 Å². The third-order valence-corrected chi connectivity index (χ3v) is 7.56. The van der Waals surface area contributed by atoms with Crippen molar-refractivity contribution >= 4 is 16.9 Å². The Morgan fingerprint density at radius 3 is 2.46 bits per heavy atom. The monoisotopic (exact) mass is 472 g/mol. The fourth-order valence-electron chi connectivity index (χ4n) is 5.55. The number of piperidine rings is 1. The lowest BCUT2D eigenvalue weighted by Crippen LogP contribution is -2.36. The molecule has 2 aromatic carbocycles. The van der Waals surface area contributed by atoms with Gasteiger partial charge in [0.1, 0.15) is 5.75 Å². The number of fused-ring (bicyclic) bond motifs is 1. The van der Waals surface area contributed by atoms with Gasteiger partial charge in [-0.1, -0.05) is 36.4 Å². The lowest BCUT2D eigenvalue weighted by atomic mass is 9.83. The number of hydrogen-bond donors (Lipinski definition) is 0. The van der Waals surface area contributed by atoms with Crippen LogP contribution in [-0.4, -0.2) is 41.7 Å². The maximum Gasteiger partial charge on any atom is 0.309 e. The van der Waals surface area contributed by atoms with Crippen molar-refractivity contribution in [1.82, 2.24) is 9.88 Å². The molecule has 2 fully saturated rings.